The molecule has 1 aliphatic rings. The molecule has 1 saturated carbocycles. The van der Waals surface area contributed by atoms with Crippen LogP contribution in [0.4, 0.5) is 18.9 Å². The number of carbonyl (C=O) groups excluding carboxylic acids is 1. The molecular weight excluding hydrogens is 429 g/mol. The molecule has 148 valence electrons. The topological polar surface area (TPSA) is 63.5 Å². The number of hydrogen-bond acceptors (Lipinski definition) is 3. The van der Waals surface area contributed by atoms with Gasteiger partial charge >= 0.3 is 6.18 Å². The molecule has 0 N–H and O–H groups in total. The van der Waals surface area contributed by atoms with Crippen molar-refractivity contribution in [3.63, 3.8) is 0 Å². The number of nitrogens with zero attached hydrogens (tertiary/aromatic N) is 2. The minimum atomic E-state index is -4.22. The number of nitro groups is 1. The Kier molecular flexibility index (Phi) is 6.67. The van der Waals surface area contributed by atoms with Crippen molar-refractivity contribution in [3.05, 3.63) is 50.5 Å². The van der Waals surface area contributed by atoms with Gasteiger partial charge in [0, 0.05) is 29.2 Å². The van der Waals surface area contributed by atoms with Crippen molar-refractivity contribution in [1.82, 2.24) is 4.90 Å². The van der Waals surface area contributed by atoms with Gasteiger partial charge in [0.2, 0.25) is 0 Å². The monoisotopic (exact) mass is 448 g/mol. The molecule has 0 unspecified atom stereocenters. The first-order valence-corrected chi connectivity index (χ1v) is 9.26. The van der Waals surface area contributed by atoms with Crippen molar-refractivity contribution in [3.8, 4) is 0 Å². The van der Waals surface area contributed by atoms with Crippen molar-refractivity contribution in [2.45, 2.75) is 44.8 Å². The van der Waals surface area contributed by atoms with Crippen LogP contribution in [-0.4, -0.2) is 34.5 Å². The highest BCUT2D eigenvalue weighted by Crippen LogP contribution is 2.39. The lowest BCUT2D eigenvalue weighted by molar-refractivity contribution is -0.384. The third-order valence-electron chi connectivity index (χ3n) is 4.69. The molecule has 5 nitrogen and oxygen atoms in total. The van der Waals surface area contributed by atoms with Gasteiger partial charge in [-0.05, 0) is 54.6 Å². The van der Waals surface area contributed by atoms with E-state index in [1.165, 1.54) is 23.1 Å². The Balaban J connectivity index is 2.27. The molecule has 27 heavy (non-hydrogen) atoms. The summed E-state index contributed by atoms with van der Waals surface area (Å²) >= 11 is 3.23. The van der Waals surface area contributed by atoms with E-state index < -0.39 is 22.9 Å². The molecule has 1 aliphatic carbocycles. The van der Waals surface area contributed by atoms with Crippen molar-refractivity contribution in [1.29, 1.82) is 0 Å². The van der Waals surface area contributed by atoms with Crippen molar-refractivity contribution in [2.24, 2.45) is 5.92 Å². The molecule has 0 aromatic heterocycles. The second kappa shape index (κ2) is 8.41. The number of nitro benzene ring substituents is 1. The van der Waals surface area contributed by atoms with Crippen molar-refractivity contribution in [2.75, 3.05) is 6.54 Å². The molecule has 0 saturated heterocycles. The minimum absolute atomic E-state index is 0.0375. The Bertz CT molecular complexity index is 744. The largest absolute Gasteiger partial charge is 0.391 e. The number of rotatable bonds is 5. The maximum absolute atomic E-state index is 13.1. The van der Waals surface area contributed by atoms with E-state index in [0.29, 0.717) is 10.0 Å². The minimum Gasteiger partial charge on any atom is -0.332 e. The molecule has 0 spiro atoms. The zero-order valence-electron chi connectivity index (χ0n) is 14.8. The van der Waals surface area contributed by atoms with E-state index in [4.69, 9.17) is 0 Å². The van der Waals surface area contributed by atoms with Gasteiger partial charge in [0.25, 0.3) is 11.6 Å². The number of benzene rings is 1. The summed E-state index contributed by atoms with van der Waals surface area (Å²) in [5.41, 5.74) is 0.573. The van der Waals surface area contributed by atoms with Gasteiger partial charge in [0.05, 0.1) is 16.4 Å². The molecule has 1 fully saturated rings. The quantitative estimate of drug-likeness (QED) is 0.339. The van der Waals surface area contributed by atoms with Gasteiger partial charge in [-0.25, -0.2) is 0 Å². The zero-order chi connectivity index (χ0) is 20.4. The van der Waals surface area contributed by atoms with E-state index in [-0.39, 0.29) is 49.5 Å². The first-order chi connectivity index (χ1) is 12.5. The first kappa shape index (κ1) is 21.4. The van der Waals surface area contributed by atoms with Crippen LogP contribution in [0.5, 0.6) is 0 Å². The third kappa shape index (κ3) is 5.31. The van der Waals surface area contributed by atoms with Crippen molar-refractivity contribution < 1.29 is 22.9 Å². The highest BCUT2D eigenvalue weighted by atomic mass is 79.9. The lowest BCUT2D eigenvalue weighted by Crippen LogP contribution is -2.44. The number of amides is 1. The summed E-state index contributed by atoms with van der Waals surface area (Å²) in [6.07, 6.45) is -3.84. The number of carbonyl (C=O) groups is 1. The molecule has 1 amide bonds. The Morgan fingerprint density at radius 1 is 1.33 bits per heavy atom. The fourth-order valence-electron chi connectivity index (χ4n) is 3.32. The van der Waals surface area contributed by atoms with Crippen LogP contribution in [0, 0.1) is 16.0 Å². The maximum atomic E-state index is 13.1. The van der Waals surface area contributed by atoms with E-state index in [9.17, 15) is 28.1 Å². The summed E-state index contributed by atoms with van der Waals surface area (Å²) < 4.78 is 39.1. The highest BCUT2D eigenvalue weighted by molar-refractivity contribution is 9.10. The third-order valence-corrected chi connectivity index (χ3v) is 5.38. The SMILES string of the molecule is C=C(C)CN(C(=O)c1cc([N+](=O)[O-])ccc1Br)C1CCC(C(F)(F)F)CC1. The van der Waals surface area contributed by atoms with Crippen LogP contribution in [0.25, 0.3) is 0 Å². The van der Waals surface area contributed by atoms with Gasteiger partial charge in [0.15, 0.2) is 0 Å². The molecule has 1 aromatic carbocycles. The average Bonchev–Trinajstić information content (AvgIpc) is 2.58. The van der Waals surface area contributed by atoms with Gasteiger partial charge in [-0.2, -0.15) is 13.2 Å². The smallest absolute Gasteiger partial charge is 0.332 e. The van der Waals surface area contributed by atoms with Crippen LogP contribution in [0.2, 0.25) is 0 Å². The number of hydrogen-bond donors (Lipinski definition) is 0. The second-order valence-corrected chi connectivity index (χ2v) is 7.71. The van der Waals surface area contributed by atoms with E-state index in [0.717, 1.165) is 0 Å². The van der Waals surface area contributed by atoms with Gasteiger partial charge in [-0.1, -0.05) is 12.2 Å². The molecule has 0 bridgehead atoms. The fraction of sp³-hybridized carbons (Fsp3) is 0.500. The lowest BCUT2D eigenvalue weighted by atomic mass is 9.84. The lowest BCUT2D eigenvalue weighted by Gasteiger charge is -2.37. The molecule has 1 aromatic rings. The maximum Gasteiger partial charge on any atom is 0.391 e. The number of halogens is 4. The number of alkyl halides is 3. The predicted octanol–water partition coefficient (Wildman–Crippen LogP) is 5.50. The Morgan fingerprint density at radius 3 is 2.41 bits per heavy atom. The zero-order valence-corrected chi connectivity index (χ0v) is 16.3. The summed E-state index contributed by atoms with van der Waals surface area (Å²) in [4.78, 5) is 25.0. The van der Waals surface area contributed by atoms with Gasteiger partial charge < -0.3 is 4.90 Å². The first-order valence-electron chi connectivity index (χ1n) is 8.46. The summed E-state index contributed by atoms with van der Waals surface area (Å²) in [6.45, 7) is 5.71. The Labute approximate surface area is 163 Å². The van der Waals surface area contributed by atoms with E-state index >= 15 is 0 Å². The molecule has 0 atom stereocenters. The molecule has 2 rings (SSSR count). The van der Waals surface area contributed by atoms with E-state index in [1.54, 1.807) is 6.92 Å². The number of non-ortho nitro benzene ring substituents is 1. The van der Waals surface area contributed by atoms with Crippen LogP contribution >= 0.6 is 15.9 Å². The molecule has 0 radical (unpaired) electrons. The molecule has 9 heteroatoms. The molecule has 0 heterocycles. The van der Waals surface area contributed by atoms with Crippen LogP contribution in [0.15, 0.2) is 34.8 Å². The Morgan fingerprint density at radius 2 is 1.93 bits per heavy atom. The molecule has 0 aliphatic heterocycles. The fourth-order valence-corrected chi connectivity index (χ4v) is 3.73. The summed E-state index contributed by atoms with van der Waals surface area (Å²) in [7, 11) is 0. The average molecular weight is 449 g/mol. The van der Waals surface area contributed by atoms with Crippen LogP contribution in [-0.2, 0) is 0 Å². The van der Waals surface area contributed by atoms with Gasteiger partial charge in [0.1, 0.15) is 0 Å². The van der Waals surface area contributed by atoms with Crippen LogP contribution < -0.4 is 0 Å². The normalized spacial score (nSPS) is 20.2. The predicted molar refractivity (Wildman–Crippen MR) is 98.4 cm³/mol. The van der Waals surface area contributed by atoms with Gasteiger partial charge in [-0.15, -0.1) is 0 Å². The summed E-state index contributed by atoms with van der Waals surface area (Å²) in [6, 6.07) is 3.52. The van der Waals surface area contributed by atoms with Crippen molar-refractivity contribution >= 4 is 27.5 Å². The van der Waals surface area contributed by atoms with E-state index in [1.807, 2.05) is 0 Å². The van der Waals surface area contributed by atoms with E-state index in [2.05, 4.69) is 22.5 Å². The Hall–Kier alpha value is -1.90. The van der Waals surface area contributed by atoms with Gasteiger partial charge in [-0.3, -0.25) is 14.9 Å². The van der Waals surface area contributed by atoms with Crippen LogP contribution in [0.1, 0.15) is 43.0 Å². The molecular formula is C18H20BrF3N2O3. The highest BCUT2D eigenvalue weighted by Gasteiger charge is 2.43. The standard InChI is InChI=1S/C18H20BrF3N2O3/c1-11(2)10-23(13-5-3-12(4-6-13)18(20,21)22)17(25)15-9-14(24(26)27)7-8-16(15)19/h7-9,12-13H,1,3-6,10H2,2H3. The summed E-state index contributed by atoms with van der Waals surface area (Å²) in [5.74, 6) is -1.80. The van der Waals surface area contributed by atoms with Crippen LogP contribution in [0.3, 0.4) is 0 Å². The summed E-state index contributed by atoms with van der Waals surface area (Å²) in [5, 5.41) is 11.0. The second-order valence-electron chi connectivity index (χ2n) is 6.86.